The average Bonchev–Trinajstić information content (AvgIpc) is 2.68. The van der Waals surface area contributed by atoms with E-state index in [-0.39, 0.29) is 12.0 Å². The molecule has 3 nitrogen and oxygen atoms in total. The van der Waals surface area contributed by atoms with E-state index < -0.39 is 0 Å². The van der Waals surface area contributed by atoms with E-state index in [2.05, 4.69) is 0 Å². The van der Waals surface area contributed by atoms with Crippen LogP contribution in [-0.2, 0) is 5.41 Å². The van der Waals surface area contributed by atoms with Crippen molar-refractivity contribution in [2.45, 2.75) is 26.2 Å². The van der Waals surface area contributed by atoms with Crippen molar-refractivity contribution >= 4 is 11.0 Å². The molecule has 0 saturated heterocycles. The van der Waals surface area contributed by atoms with Crippen LogP contribution in [0, 0.1) is 6.92 Å². The lowest BCUT2D eigenvalue weighted by Crippen LogP contribution is -2.22. The molecule has 0 aliphatic rings. The second-order valence-corrected chi connectivity index (χ2v) is 4.96. The fraction of sp³-hybridized carbons (Fsp3) is 0.429. The number of aryl methyl sites for hydroxylation is 1. The van der Waals surface area contributed by atoms with Crippen LogP contribution in [0.1, 0.15) is 25.2 Å². The SMILES string of the molecule is COc1ccc(C(C)(C)CO)c2cc(C)oc12. The average molecular weight is 234 g/mol. The van der Waals surface area contributed by atoms with E-state index in [1.165, 1.54) is 0 Å². The van der Waals surface area contributed by atoms with Gasteiger partial charge in [0.05, 0.1) is 13.7 Å². The van der Waals surface area contributed by atoms with Gasteiger partial charge in [0.15, 0.2) is 11.3 Å². The third-order valence-electron chi connectivity index (χ3n) is 3.11. The highest BCUT2D eigenvalue weighted by Crippen LogP contribution is 2.36. The smallest absolute Gasteiger partial charge is 0.176 e. The van der Waals surface area contributed by atoms with Crippen molar-refractivity contribution in [3.8, 4) is 5.75 Å². The van der Waals surface area contributed by atoms with Crippen molar-refractivity contribution in [2.24, 2.45) is 0 Å². The fourth-order valence-corrected chi connectivity index (χ4v) is 2.06. The number of methoxy groups -OCH3 is 1. The number of fused-ring (bicyclic) bond motifs is 1. The molecule has 0 unspecified atom stereocenters. The number of aliphatic hydroxyl groups is 1. The van der Waals surface area contributed by atoms with Gasteiger partial charge in [-0.3, -0.25) is 0 Å². The van der Waals surface area contributed by atoms with Gasteiger partial charge in [0, 0.05) is 10.8 Å². The Bertz CT molecular complexity index is 538. The summed E-state index contributed by atoms with van der Waals surface area (Å²) in [6, 6.07) is 5.87. The van der Waals surface area contributed by atoms with E-state index in [0.717, 1.165) is 28.0 Å². The van der Waals surface area contributed by atoms with Crippen LogP contribution in [0.4, 0.5) is 0 Å². The third kappa shape index (κ3) is 1.91. The van der Waals surface area contributed by atoms with E-state index in [1.807, 2.05) is 39.0 Å². The molecule has 1 N–H and O–H groups in total. The van der Waals surface area contributed by atoms with Gasteiger partial charge in [0.1, 0.15) is 5.76 Å². The van der Waals surface area contributed by atoms with E-state index in [0.29, 0.717) is 0 Å². The third-order valence-corrected chi connectivity index (χ3v) is 3.11. The molecule has 0 fully saturated rings. The van der Waals surface area contributed by atoms with Crippen LogP contribution in [0.3, 0.4) is 0 Å². The molecule has 2 rings (SSSR count). The number of aliphatic hydroxyl groups excluding tert-OH is 1. The molecule has 0 radical (unpaired) electrons. The Hall–Kier alpha value is -1.48. The van der Waals surface area contributed by atoms with E-state index in [9.17, 15) is 5.11 Å². The van der Waals surface area contributed by atoms with E-state index in [4.69, 9.17) is 9.15 Å². The van der Waals surface area contributed by atoms with Crippen LogP contribution in [0.15, 0.2) is 22.6 Å². The molecule has 0 spiro atoms. The molecule has 3 heteroatoms. The first-order valence-electron chi connectivity index (χ1n) is 5.68. The highest BCUT2D eigenvalue weighted by Gasteiger charge is 2.24. The second kappa shape index (κ2) is 4.08. The van der Waals surface area contributed by atoms with Crippen LogP contribution in [0.25, 0.3) is 11.0 Å². The molecule has 0 aliphatic heterocycles. The number of furan rings is 1. The molecule has 0 aliphatic carbocycles. The van der Waals surface area contributed by atoms with Gasteiger partial charge in [-0.1, -0.05) is 19.9 Å². The largest absolute Gasteiger partial charge is 0.493 e. The molecule has 2 aromatic rings. The maximum atomic E-state index is 9.48. The van der Waals surface area contributed by atoms with Crippen LogP contribution in [0.5, 0.6) is 5.75 Å². The van der Waals surface area contributed by atoms with Crippen molar-refractivity contribution in [2.75, 3.05) is 13.7 Å². The Balaban J connectivity index is 2.75. The highest BCUT2D eigenvalue weighted by atomic mass is 16.5. The minimum Gasteiger partial charge on any atom is -0.493 e. The van der Waals surface area contributed by atoms with Crippen molar-refractivity contribution < 1.29 is 14.3 Å². The summed E-state index contributed by atoms with van der Waals surface area (Å²) in [5.41, 5.74) is 1.54. The summed E-state index contributed by atoms with van der Waals surface area (Å²) >= 11 is 0. The first-order valence-corrected chi connectivity index (χ1v) is 5.68. The van der Waals surface area contributed by atoms with Gasteiger partial charge in [-0.2, -0.15) is 0 Å². The van der Waals surface area contributed by atoms with Gasteiger partial charge in [-0.05, 0) is 24.6 Å². The lowest BCUT2D eigenvalue weighted by molar-refractivity contribution is 0.219. The maximum absolute atomic E-state index is 9.48. The molecule has 1 heterocycles. The van der Waals surface area contributed by atoms with Crippen molar-refractivity contribution in [1.82, 2.24) is 0 Å². The standard InChI is InChI=1S/C14H18O3/c1-9-7-10-11(14(2,3)8-15)5-6-12(16-4)13(10)17-9/h5-7,15H,8H2,1-4H3. The quantitative estimate of drug-likeness (QED) is 0.887. The summed E-state index contributed by atoms with van der Waals surface area (Å²) in [6.07, 6.45) is 0. The minimum absolute atomic E-state index is 0.0959. The highest BCUT2D eigenvalue weighted by molar-refractivity contribution is 5.88. The molecule has 1 aromatic heterocycles. The van der Waals surface area contributed by atoms with Crippen LogP contribution in [-0.4, -0.2) is 18.8 Å². The van der Waals surface area contributed by atoms with E-state index in [1.54, 1.807) is 7.11 Å². The minimum atomic E-state index is -0.291. The summed E-state index contributed by atoms with van der Waals surface area (Å²) in [5, 5.41) is 10.5. The van der Waals surface area contributed by atoms with Gasteiger partial charge in [0.25, 0.3) is 0 Å². The second-order valence-electron chi connectivity index (χ2n) is 4.96. The fourth-order valence-electron chi connectivity index (χ4n) is 2.06. The van der Waals surface area contributed by atoms with Crippen molar-refractivity contribution in [3.63, 3.8) is 0 Å². The molecule has 0 saturated carbocycles. The Morgan fingerprint density at radius 2 is 2.06 bits per heavy atom. The maximum Gasteiger partial charge on any atom is 0.176 e. The van der Waals surface area contributed by atoms with Gasteiger partial charge >= 0.3 is 0 Å². The van der Waals surface area contributed by atoms with Crippen LogP contribution < -0.4 is 4.74 Å². The van der Waals surface area contributed by atoms with Crippen LogP contribution >= 0.6 is 0 Å². The summed E-state index contributed by atoms with van der Waals surface area (Å²) < 4.78 is 10.9. The Labute approximate surface area is 101 Å². The Morgan fingerprint density at radius 1 is 1.35 bits per heavy atom. The van der Waals surface area contributed by atoms with Gasteiger partial charge in [-0.25, -0.2) is 0 Å². The Kier molecular flexibility index (Phi) is 2.87. The molecular weight excluding hydrogens is 216 g/mol. The first kappa shape index (κ1) is 12.0. The molecule has 0 atom stereocenters. The molecule has 0 bridgehead atoms. The summed E-state index contributed by atoms with van der Waals surface area (Å²) in [4.78, 5) is 0. The number of ether oxygens (including phenoxy) is 1. The monoisotopic (exact) mass is 234 g/mol. The molecular formula is C14H18O3. The summed E-state index contributed by atoms with van der Waals surface area (Å²) in [5.74, 6) is 1.57. The van der Waals surface area contributed by atoms with Gasteiger partial charge in [-0.15, -0.1) is 0 Å². The van der Waals surface area contributed by atoms with Gasteiger partial charge < -0.3 is 14.3 Å². The molecule has 1 aromatic carbocycles. The predicted octanol–water partition coefficient (Wildman–Crippen LogP) is 3.02. The lowest BCUT2D eigenvalue weighted by Gasteiger charge is -2.23. The molecule has 0 amide bonds. The number of rotatable bonds is 3. The number of benzene rings is 1. The molecule has 92 valence electrons. The zero-order valence-corrected chi connectivity index (χ0v) is 10.7. The predicted molar refractivity (Wildman–Crippen MR) is 67.6 cm³/mol. The van der Waals surface area contributed by atoms with Crippen molar-refractivity contribution in [1.29, 1.82) is 0 Å². The van der Waals surface area contributed by atoms with Gasteiger partial charge in [0.2, 0.25) is 0 Å². The first-order chi connectivity index (χ1) is 7.99. The zero-order chi connectivity index (χ0) is 12.6. The normalized spacial score (nSPS) is 12.1. The van der Waals surface area contributed by atoms with Crippen molar-refractivity contribution in [3.05, 3.63) is 29.5 Å². The zero-order valence-electron chi connectivity index (χ0n) is 10.7. The summed E-state index contributed by atoms with van der Waals surface area (Å²) in [7, 11) is 1.63. The number of hydrogen-bond donors (Lipinski definition) is 1. The molecule has 17 heavy (non-hydrogen) atoms. The van der Waals surface area contributed by atoms with Crippen LogP contribution in [0.2, 0.25) is 0 Å². The lowest BCUT2D eigenvalue weighted by atomic mass is 9.83. The number of hydrogen-bond acceptors (Lipinski definition) is 3. The Morgan fingerprint density at radius 3 is 2.65 bits per heavy atom. The van der Waals surface area contributed by atoms with E-state index >= 15 is 0 Å². The summed E-state index contributed by atoms with van der Waals surface area (Å²) in [6.45, 7) is 6.03. The topological polar surface area (TPSA) is 42.6 Å².